The number of halogens is 1. The number of nitrogens with zero attached hydrogens (tertiary/aromatic N) is 1. The van der Waals surface area contributed by atoms with Gasteiger partial charge < -0.3 is 4.74 Å². The van der Waals surface area contributed by atoms with Crippen molar-refractivity contribution in [2.75, 3.05) is 4.90 Å². The van der Waals surface area contributed by atoms with Crippen molar-refractivity contribution in [2.45, 2.75) is 6.61 Å². The Morgan fingerprint density at radius 1 is 0.821 bits per heavy atom. The standard InChI is InChI=1S/C22H14ClNO4/c23-16-9-5-14(6-10-16)13-28-22(27)15-7-11-17(12-8-15)24-20(25)18-3-1-2-4-19(18)21(24)26/h1-12H,13H2. The maximum absolute atomic E-state index is 12.5. The van der Waals surface area contributed by atoms with Gasteiger partial charge in [-0.2, -0.15) is 0 Å². The second-order valence-electron chi connectivity index (χ2n) is 6.24. The molecule has 138 valence electrons. The van der Waals surface area contributed by atoms with E-state index >= 15 is 0 Å². The van der Waals surface area contributed by atoms with E-state index in [0.717, 1.165) is 10.5 Å². The zero-order chi connectivity index (χ0) is 19.7. The number of benzene rings is 3. The van der Waals surface area contributed by atoms with E-state index in [2.05, 4.69) is 0 Å². The fraction of sp³-hybridized carbons (Fsp3) is 0.0455. The van der Waals surface area contributed by atoms with Crippen molar-refractivity contribution in [2.24, 2.45) is 0 Å². The van der Waals surface area contributed by atoms with E-state index in [0.29, 0.717) is 27.4 Å². The number of esters is 1. The summed E-state index contributed by atoms with van der Waals surface area (Å²) < 4.78 is 5.28. The van der Waals surface area contributed by atoms with Gasteiger partial charge in [-0.15, -0.1) is 0 Å². The number of amides is 2. The van der Waals surface area contributed by atoms with Crippen molar-refractivity contribution in [1.82, 2.24) is 0 Å². The second kappa shape index (κ2) is 7.29. The van der Waals surface area contributed by atoms with Gasteiger partial charge in [0.05, 0.1) is 22.4 Å². The Balaban J connectivity index is 1.47. The Bertz CT molecular complexity index is 1040. The van der Waals surface area contributed by atoms with Gasteiger partial charge in [-0.3, -0.25) is 9.59 Å². The molecule has 1 heterocycles. The molecular formula is C22H14ClNO4. The Labute approximate surface area is 166 Å². The van der Waals surface area contributed by atoms with Gasteiger partial charge in [-0.25, -0.2) is 9.69 Å². The first-order valence-corrected chi connectivity index (χ1v) is 8.92. The molecule has 0 saturated carbocycles. The predicted octanol–water partition coefficient (Wildman–Crippen LogP) is 4.50. The first kappa shape index (κ1) is 17.9. The predicted molar refractivity (Wildman–Crippen MR) is 105 cm³/mol. The molecule has 28 heavy (non-hydrogen) atoms. The van der Waals surface area contributed by atoms with Crippen LogP contribution >= 0.6 is 11.6 Å². The van der Waals surface area contributed by atoms with Crippen LogP contribution in [0.25, 0.3) is 0 Å². The van der Waals surface area contributed by atoms with Crippen molar-refractivity contribution in [3.05, 3.63) is 100 Å². The van der Waals surface area contributed by atoms with Gasteiger partial charge in [0, 0.05) is 5.02 Å². The topological polar surface area (TPSA) is 63.7 Å². The van der Waals surface area contributed by atoms with Crippen LogP contribution in [0, 0.1) is 0 Å². The molecule has 0 bridgehead atoms. The average Bonchev–Trinajstić information content (AvgIpc) is 2.98. The van der Waals surface area contributed by atoms with E-state index in [4.69, 9.17) is 16.3 Å². The minimum atomic E-state index is -0.496. The monoisotopic (exact) mass is 391 g/mol. The first-order chi connectivity index (χ1) is 13.5. The van der Waals surface area contributed by atoms with E-state index in [-0.39, 0.29) is 18.4 Å². The number of imide groups is 1. The van der Waals surface area contributed by atoms with Gasteiger partial charge in [-0.05, 0) is 54.1 Å². The summed E-state index contributed by atoms with van der Waals surface area (Å²) in [7, 11) is 0. The highest BCUT2D eigenvalue weighted by Crippen LogP contribution is 2.28. The van der Waals surface area contributed by atoms with Crippen molar-refractivity contribution in [3.63, 3.8) is 0 Å². The Hall–Kier alpha value is -3.44. The number of fused-ring (bicyclic) bond motifs is 1. The van der Waals surface area contributed by atoms with Crippen molar-refractivity contribution < 1.29 is 19.1 Å². The highest BCUT2D eigenvalue weighted by Gasteiger charge is 2.36. The van der Waals surface area contributed by atoms with Gasteiger partial charge in [-0.1, -0.05) is 35.9 Å². The summed E-state index contributed by atoms with van der Waals surface area (Å²) in [5.41, 5.74) is 2.30. The van der Waals surface area contributed by atoms with Crippen molar-refractivity contribution in [1.29, 1.82) is 0 Å². The van der Waals surface area contributed by atoms with Crippen LogP contribution in [-0.2, 0) is 11.3 Å². The summed E-state index contributed by atoms with van der Waals surface area (Å²) in [4.78, 5) is 38.4. The second-order valence-corrected chi connectivity index (χ2v) is 6.68. The van der Waals surface area contributed by atoms with Crippen molar-refractivity contribution in [3.8, 4) is 0 Å². The van der Waals surface area contributed by atoms with Gasteiger partial charge in [0.25, 0.3) is 11.8 Å². The number of carbonyl (C=O) groups is 3. The molecule has 0 saturated heterocycles. The van der Waals surface area contributed by atoms with Gasteiger partial charge in [0.2, 0.25) is 0 Å². The van der Waals surface area contributed by atoms with Crippen LogP contribution in [0.2, 0.25) is 5.02 Å². The molecule has 0 aliphatic carbocycles. The number of anilines is 1. The Morgan fingerprint density at radius 2 is 1.39 bits per heavy atom. The van der Waals surface area contributed by atoms with Gasteiger partial charge >= 0.3 is 5.97 Å². The van der Waals surface area contributed by atoms with Crippen LogP contribution in [-0.4, -0.2) is 17.8 Å². The van der Waals surface area contributed by atoms with E-state index < -0.39 is 5.97 Å². The number of ether oxygens (including phenoxy) is 1. The number of hydrogen-bond donors (Lipinski definition) is 0. The molecule has 0 radical (unpaired) electrons. The molecule has 0 unspecified atom stereocenters. The lowest BCUT2D eigenvalue weighted by molar-refractivity contribution is 0.0472. The zero-order valence-corrected chi connectivity index (χ0v) is 15.3. The third kappa shape index (κ3) is 3.28. The molecule has 0 fully saturated rings. The number of rotatable bonds is 4. The molecule has 5 nitrogen and oxygen atoms in total. The van der Waals surface area contributed by atoms with Crippen LogP contribution in [0.5, 0.6) is 0 Å². The van der Waals surface area contributed by atoms with Gasteiger partial charge in [0.1, 0.15) is 6.61 Å². The summed E-state index contributed by atoms with van der Waals surface area (Å²) in [5.74, 6) is -1.25. The quantitative estimate of drug-likeness (QED) is 0.485. The Morgan fingerprint density at radius 3 is 1.96 bits per heavy atom. The molecule has 4 rings (SSSR count). The largest absolute Gasteiger partial charge is 0.457 e. The van der Waals surface area contributed by atoms with Crippen LogP contribution < -0.4 is 4.90 Å². The molecular weight excluding hydrogens is 378 g/mol. The SMILES string of the molecule is O=C(OCc1ccc(Cl)cc1)c1ccc(N2C(=O)c3ccccc3C2=O)cc1. The molecule has 0 N–H and O–H groups in total. The van der Waals surface area contributed by atoms with E-state index in [1.807, 2.05) is 0 Å². The third-order valence-electron chi connectivity index (χ3n) is 4.44. The lowest BCUT2D eigenvalue weighted by atomic mass is 10.1. The molecule has 0 atom stereocenters. The summed E-state index contributed by atoms with van der Waals surface area (Å²) in [6.07, 6.45) is 0. The lowest BCUT2D eigenvalue weighted by Gasteiger charge is -2.14. The summed E-state index contributed by atoms with van der Waals surface area (Å²) in [5, 5.41) is 0.610. The molecule has 0 spiro atoms. The molecule has 0 aromatic heterocycles. The molecule has 6 heteroatoms. The van der Waals surface area contributed by atoms with Gasteiger partial charge in [0.15, 0.2) is 0 Å². The minimum Gasteiger partial charge on any atom is -0.457 e. The molecule has 1 aliphatic heterocycles. The number of hydrogen-bond acceptors (Lipinski definition) is 4. The first-order valence-electron chi connectivity index (χ1n) is 8.54. The third-order valence-corrected chi connectivity index (χ3v) is 4.69. The lowest BCUT2D eigenvalue weighted by Crippen LogP contribution is -2.29. The summed E-state index contributed by atoms with van der Waals surface area (Å²) in [6, 6.07) is 19.9. The highest BCUT2D eigenvalue weighted by atomic mass is 35.5. The van der Waals surface area contributed by atoms with Crippen LogP contribution in [0.15, 0.2) is 72.8 Å². The molecule has 1 aliphatic rings. The minimum absolute atomic E-state index is 0.121. The summed E-state index contributed by atoms with van der Waals surface area (Å²) >= 11 is 5.83. The smallest absolute Gasteiger partial charge is 0.338 e. The van der Waals surface area contributed by atoms with Crippen LogP contribution in [0.1, 0.15) is 36.6 Å². The van der Waals surface area contributed by atoms with E-state index in [9.17, 15) is 14.4 Å². The fourth-order valence-corrected chi connectivity index (χ4v) is 3.11. The van der Waals surface area contributed by atoms with E-state index in [1.54, 1.807) is 60.7 Å². The normalized spacial score (nSPS) is 12.8. The molecule has 2 amide bonds. The van der Waals surface area contributed by atoms with Crippen LogP contribution in [0.4, 0.5) is 5.69 Å². The average molecular weight is 392 g/mol. The maximum Gasteiger partial charge on any atom is 0.338 e. The number of carbonyl (C=O) groups excluding carboxylic acids is 3. The zero-order valence-electron chi connectivity index (χ0n) is 14.6. The maximum atomic E-state index is 12.5. The highest BCUT2D eigenvalue weighted by molar-refractivity contribution is 6.34. The van der Waals surface area contributed by atoms with Crippen LogP contribution in [0.3, 0.4) is 0 Å². The molecule has 3 aromatic carbocycles. The fourth-order valence-electron chi connectivity index (χ4n) is 2.98. The Kier molecular flexibility index (Phi) is 4.67. The molecule has 3 aromatic rings. The van der Waals surface area contributed by atoms with Crippen molar-refractivity contribution >= 4 is 35.1 Å². The van der Waals surface area contributed by atoms with E-state index in [1.165, 1.54) is 12.1 Å². The summed E-state index contributed by atoms with van der Waals surface area (Å²) in [6.45, 7) is 0.121.